The molecule has 0 atom stereocenters. The summed E-state index contributed by atoms with van der Waals surface area (Å²) >= 11 is 6.41. The average Bonchev–Trinajstić information content (AvgIpc) is 3.04. The molecule has 1 aliphatic rings. The molecule has 0 N–H and O–H groups in total. The Kier molecular flexibility index (Phi) is 3.49. The van der Waals surface area contributed by atoms with E-state index in [0.717, 1.165) is 32.8 Å². The van der Waals surface area contributed by atoms with Gasteiger partial charge in [-0.25, -0.2) is 0 Å². The van der Waals surface area contributed by atoms with Crippen molar-refractivity contribution in [2.45, 2.75) is 38.9 Å². The third-order valence-corrected chi connectivity index (χ3v) is 6.16. The van der Waals surface area contributed by atoms with Gasteiger partial charge in [-0.15, -0.1) is 0 Å². The molecule has 1 aromatic heterocycles. The van der Waals surface area contributed by atoms with Crippen molar-refractivity contribution in [2.75, 3.05) is 0 Å². The van der Waals surface area contributed by atoms with Crippen LogP contribution in [0.3, 0.4) is 0 Å². The summed E-state index contributed by atoms with van der Waals surface area (Å²) in [6.45, 7) is 8.21. The van der Waals surface area contributed by atoms with E-state index in [2.05, 4.69) is 52.0 Å². The largest absolute Gasteiger partial charge is 0.495 e. The first-order valence-corrected chi connectivity index (χ1v) is 9.53. The smallest absolute Gasteiger partial charge is 0.456 e. The molecule has 0 saturated carbocycles. The molecular formula is C22H20BClO3. The molecule has 0 bridgehead atoms. The lowest BCUT2D eigenvalue weighted by Crippen LogP contribution is -2.41. The highest BCUT2D eigenvalue weighted by Gasteiger charge is 2.52. The van der Waals surface area contributed by atoms with E-state index in [1.807, 2.05) is 24.3 Å². The second-order valence-electron chi connectivity index (χ2n) is 8.25. The highest BCUT2D eigenvalue weighted by molar-refractivity contribution is 6.66. The van der Waals surface area contributed by atoms with Crippen molar-refractivity contribution in [1.82, 2.24) is 0 Å². The van der Waals surface area contributed by atoms with E-state index >= 15 is 0 Å². The van der Waals surface area contributed by atoms with Gasteiger partial charge in [0.1, 0.15) is 11.2 Å². The zero-order chi connectivity index (χ0) is 19.0. The van der Waals surface area contributed by atoms with Crippen LogP contribution in [0.4, 0.5) is 0 Å². The predicted octanol–water partition coefficient (Wildman–Crippen LogP) is 5.69. The summed E-state index contributed by atoms with van der Waals surface area (Å²) in [6, 6.07) is 16.3. The monoisotopic (exact) mass is 378 g/mol. The minimum Gasteiger partial charge on any atom is -0.456 e. The third-order valence-electron chi connectivity index (χ3n) is 5.94. The molecule has 136 valence electrons. The third kappa shape index (κ3) is 2.51. The molecule has 1 aliphatic heterocycles. The van der Waals surface area contributed by atoms with Crippen molar-refractivity contribution in [1.29, 1.82) is 0 Å². The van der Waals surface area contributed by atoms with Gasteiger partial charge in [0.15, 0.2) is 0 Å². The van der Waals surface area contributed by atoms with Gasteiger partial charge in [0.25, 0.3) is 0 Å². The molecular weight excluding hydrogens is 359 g/mol. The van der Waals surface area contributed by atoms with Crippen LogP contribution in [0.25, 0.3) is 32.7 Å². The lowest BCUT2D eigenvalue weighted by atomic mass is 9.76. The fraction of sp³-hybridized carbons (Fsp3) is 0.273. The molecule has 4 aromatic rings. The van der Waals surface area contributed by atoms with Crippen LogP contribution in [0, 0.1) is 0 Å². The number of fused-ring (bicyclic) bond motifs is 4. The van der Waals surface area contributed by atoms with Gasteiger partial charge in [-0.1, -0.05) is 35.9 Å². The van der Waals surface area contributed by atoms with Crippen LogP contribution in [-0.2, 0) is 9.31 Å². The summed E-state index contributed by atoms with van der Waals surface area (Å²) in [6.07, 6.45) is 0. The van der Waals surface area contributed by atoms with Crippen LogP contribution < -0.4 is 5.46 Å². The Morgan fingerprint density at radius 3 is 2.11 bits per heavy atom. The molecule has 3 nitrogen and oxygen atoms in total. The second kappa shape index (κ2) is 5.51. The maximum atomic E-state index is 6.41. The van der Waals surface area contributed by atoms with Gasteiger partial charge in [-0.3, -0.25) is 0 Å². The van der Waals surface area contributed by atoms with Crippen molar-refractivity contribution < 1.29 is 13.7 Å². The highest BCUT2D eigenvalue weighted by atomic mass is 35.5. The van der Waals surface area contributed by atoms with Crippen LogP contribution in [0.2, 0.25) is 5.02 Å². The zero-order valence-electron chi connectivity index (χ0n) is 15.8. The number of benzene rings is 3. The number of furan rings is 1. The first kappa shape index (κ1) is 17.1. The molecule has 1 fully saturated rings. The zero-order valence-corrected chi connectivity index (χ0v) is 16.6. The van der Waals surface area contributed by atoms with Crippen LogP contribution in [0.15, 0.2) is 52.9 Å². The van der Waals surface area contributed by atoms with E-state index in [9.17, 15) is 0 Å². The van der Waals surface area contributed by atoms with Crippen molar-refractivity contribution in [3.05, 3.63) is 53.6 Å². The first-order chi connectivity index (χ1) is 12.7. The molecule has 0 aliphatic carbocycles. The molecule has 27 heavy (non-hydrogen) atoms. The molecule has 1 saturated heterocycles. The van der Waals surface area contributed by atoms with Crippen LogP contribution in [-0.4, -0.2) is 18.3 Å². The Labute approximate surface area is 163 Å². The summed E-state index contributed by atoms with van der Waals surface area (Å²) in [7, 11) is -0.497. The van der Waals surface area contributed by atoms with E-state index in [1.54, 1.807) is 0 Å². The van der Waals surface area contributed by atoms with E-state index in [4.69, 9.17) is 25.3 Å². The van der Waals surface area contributed by atoms with Gasteiger partial charge in [0.05, 0.1) is 11.2 Å². The molecule has 0 amide bonds. The molecule has 5 rings (SSSR count). The number of halogens is 1. The standard InChI is InChI=1S/C22H20BClO3/c1-21(2)22(3,4)27-23(26-21)17-11-15(24)12-19-20(17)16-9-13-7-5-6-8-14(13)10-18(16)25-19/h5-12H,1-4H3. The Balaban J connectivity index is 1.80. The highest BCUT2D eigenvalue weighted by Crippen LogP contribution is 2.39. The first-order valence-electron chi connectivity index (χ1n) is 9.15. The molecule has 0 radical (unpaired) electrons. The summed E-state index contributed by atoms with van der Waals surface area (Å²) in [5.41, 5.74) is 1.66. The van der Waals surface area contributed by atoms with Gasteiger partial charge in [-0.05, 0) is 62.1 Å². The average molecular weight is 379 g/mol. The molecule has 5 heteroatoms. The van der Waals surface area contributed by atoms with Gasteiger partial charge in [0.2, 0.25) is 0 Å². The molecule has 0 unspecified atom stereocenters. The summed E-state index contributed by atoms with van der Waals surface area (Å²) in [4.78, 5) is 0. The Morgan fingerprint density at radius 2 is 1.44 bits per heavy atom. The van der Waals surface area contributed by atoms with E-state index in [1.165, 1.54) is 5.39 Å². The van der Waals surface area contributed by atoms with Crippen molar-refractivity contribution in [3.8, 4) is 0 Å². The van der Waals surface area contributed by atoms with Crippen molar-refractivity contribution in [2.24, 2.45) is 0 Å². The fourth-order valence-corrected chi connectivity index (χ4v) is 3.96. The molecule has 0 spiro atoms. The van der Waals surface area contributed by atoms with Crippen molar-refractivity contribution >= 4 is 56.9 Å². The Hall–Kier alpha value is -2.01. The van der Waals surface area contributed by atoms with Gasteiger partial charge in [0, 0.05) is 21.9 Å². The maximum absolute atomic E-state index is 6.41. The van der Waals surface area contributed by atoms with Crippen LogP contribution in [0.1, 0.15) is 27.7 Å². The summed E-state index contributed by atoms with van der Waals surface area (Å²) < 4.78 is 18.7. The minimum absolute atomic E-state index is 0.418. The molecule has 3 aromatic carbocycles. The number of hydrogen-bond donors (Lipinski definition) is 0. The normalized spacial score (nSPS) is 18.8. The lowest BCUT2D eigenvalue weighted by Gasteiger charge is -2.32. The Bertz CT molecular complexity index is 1190. The van der Waals surface area contributed by atoms with Crippen molar-refractivity contribution in [3.63, 3.8) is 0 Å². The maximum Gasteiger partial charge on any atom is 0.495 e. The van der Waals surface area contributed by atoms with Gasteiger partial charge < -0.3 is 13.7 Å². The Morgan fingerprint density at radius 1 is 0.815 bits per heavy atom. The quantitative estimate of drug-likeness (QED) is 0.399. The van der Waals surface area contributed by atoms with Gasteiger partial charge >= 0.3 is 7.12 Å². The van der Waals surface area contributed by atoms with E-state index in [0.29, 0.717) is 5.02 Å². The topological polar surface area (TPSA) is 31.6 Å². The predicted molar refractivity (Wildman–Crippen MR) is 112 cm³/mol. The van der Waals surface area contributed by atoms with Crippen LogP contribution in [0.5, 0.6) is 0 Å². The van der Waals surface area contributed by atoms with E-state index < -0.39 is 18.3 Å². The van der Waals surface area contributed by atoms with Gasteiger partial charge in [-0.2, -0.15) is 0 Å². The fourth-order valence-electron chi connectivity index (χ4n) is 3.74. The summed E-state index contributed by atoms with van der Waals surface area (Å²) in [5, 5.41) is 4.97. The molecule has 2 heterocycles. The SMILES string of the molecule is CC1(C)OB(c2cc(Cl)cc3oc4cc5ccccc5cc4c23)OC1(C)C. The lowest BCUT2D eigenvalue weighted by molar-refractivity contribution is 0.00578. The van der Waals surface area contributed by atoms with E-state index in [-0.39, 0.29) is 0 Å². The number of rotatable bonds is 1. The van der Waals surface area contributed by atoms with Crippen LogP contribution >= 0.6 is 11.6 Å². The minimum atomic E-state index is -0.497. The number of hydrogen-bond acceptors (Lipinski definition) is 3. The summed E-state index contributed by atoms with van der Waals surface area (Å²) in [5.74, 6) is 0. The second-order valence-corrected chi connectivity index (χ2v) is 8.69.